The molecule has 6 nitrogen and oxygen atoms in total. The molecule has 2 aromatic rings. The number of nitrogens with one attached hydrogen (secondary N) is 1. The number of aromatic nitrogens is 2. The minimum Gasteiger partial charge on any atom is -0.459 e. The van der Waals surface area contributed by atoms with E-state index < -0.39 is 0 Å². The monoisotopic (exact) mass is 234 g/mol. The summed E-state index contributed by atoms with van der Waals surface area (Å²) in [6, 6.07) is 4.16. The lowest BCUT2D eigenvalue weighted by atomic mass is 10.1. The molecule has 1 aliphatic rings. The zero-order chi connectivity index (χ0) is 11.7. The van der Waals surface area contributed by atoms with Crippen LogP contribution < -0.4 is 5.32 Å². The van der Waals surface area contributed by atoms with E-state index in [1.807, 2.05) is 0 Å². The lowest BCUT2D eigenvalue weighted by Gasteiger charge is -2.34. The summed E-state index contributed by atoms with van der Waals surface area (Å²) in [5, 5.41) is 11.2. The highest BCUT2D eigenvalue weighted by Crippen LogP contribution is 2.18. The molecular formula is C11H14N4O2. The van der Waals surface area contributed by atoms with E-state index in [-0.39, 0.29) is 0 Å². The van der Waals surface area contributed by atoms with Crippen molar-refractivity contribution in [3.63, 3.8) is 0 Å². The van der Waals surface area contributed by atoms with Gasteiger partial charge in [0.05, 0.1) is 12.8 Å². The first-order valence-electron chi connectivity index (χ1n) is 5.60. The fourth-order valence-electron chi connectivity index (χ4n) is 1.74. The molecule has 1 N–H and O–H groups in total. The largest absolute Gasteiger partial charge is 0.459 e. The van der Waals surface area contributed by atoms with Crippen molar-refractivity contribution in [2.75, 3.05) is 20.1 Å². The van der Waals surface area contributed by atoms with Gasteiger partial charge in [-0.05, 0) is 19.2 Å². The van der Waals surface area contributed by atoms with Crippen molar-refractivity contribution in [1.29, 1.82) is 0 Å². The molecule has 0 amide bonds. The van der Waals surface area contributed by atoms with Gasteiger partial charge >= 0.3 is 0 Å². The highest BCUT2D eigenvalue weighted by Gasteiger charge is 2.23. The first-order valence-corrected chi connectivity index (χ1v) is 5.60. The molecule has 2 aromatic heterocycles. The Hall–Kier alpha value is -1.66. The number of hydrogen-bond donors (Lipinski definition) is 1. The van der Waals surface area contributed by atoms with Gasteiger partial charge in [-0.1, -0.05) is 0 Å². The maximum atomic E-state index is 5.54. The van der Waals surface area contributed by atoms with Crippen LogP contribution in [0.2, 0.25) is 0 Å². The maximum Gasteiger partial charge on any atom is 0.283 e. The van der Waals surface area contributed by atoms with E-state index >= 15 is 0 Å². The molecule has 0 atom stereocenters. The zero-order valence-electron chi connectivity index (χ0n) is 9.59. The van der Waals surface area contributed by atoms with Crippen molar-refractivity contribution in [3.8, 4) is 11.7 Å². The Morgan fingerprint density at radius 1 is 1.47 bits per heavy atom. The first-order chi connectivity index (χ1) is 8.33. The molecule has 6 heteroatoms. The molecule has 0 spiro atoms. The topological polar surface area (TPSA) is 67.3 Å². The van der Waals surface area contributed by atoms with E-state index in [0.717, 1.165) is 13.1 Å². The molecule has 1 fully saturated rings. The van der Waals surface area contributed by atoms with Crippen molar-refractivity contribution < 1.29 is 8.83 Å². The summed E-state index contributed by atoms with van der Waals surface area (Å²) < 4.78 is 10.7. The highest BCUT2D eigenvalue weighted by atomic mass is 16.4. The molecule has 0 saturated carbocycles. The Bertz CT molecular complexity index is 475. The summed E-state index contributed by atoms with van der Waals surface area (Å²) in [5.74, 6) is 1.66. The third kappa shape index (κ3) is 2.09. The minimum atomic E-state index is 0.435. The SMILES string of the molecule is CN(Cc1nnc(-c2ccco2)o1)C1CNC1. The predicted molar refractivity (Wildman–Crippen MR) is 60.1 cm³/mol. The van der Waals surface area contributed by atoms with Crippen molar-refractivity contribution in [1.82, 2.24) is 20.4 Å². The van der Waals surface area contributed by atoms with Gasteiger partial charge in [-0.15, -0.1) is 10.2 Å². The van der Waals surface area contributed by atoms with E-state index in [9.17, 15) is 0 Å². The van der Waals surface area contributed by atoms with Crippen molar-refractivity contribution in [2.45, 2.75) is 12.6 Å². The summed E-state index contributed by atoms with van der Waals surface area (Å²) in [4.78, 5) is 2.20. The average molecular weight is 234 g/mol. The number of hydrogen-bond acceptors (Lipinski definition) is 6. The minimum absolute atomic E-state index is 0.435. The van der Waals surface area contributed by atoms with Crippen LogP contribution in [-0.2, 0) is 6.54 Å². The first kappa shape index (κ1) is 10.5. The van der Waals surface area contributed by atoms with E-state index in [1.54, 1.807) is 18.4 Å². The molecule has 90 valence electrons. The van der Waals surface area contributed by atoms with Crippen LogP contribution in [0.1, 0.15) is 5.89 Å². The molecule has 1 aliphatic heterocycles. The van der Waals surface area contributed by atoms with Gasteiger partial charge in [-0.3, -0.25) is 4.90 Å². The van der Waals surface area contributed by atoms with Gasteiger partial charge in [-0.2, -0.15) is 0 Å². The van der Waals surface area contributed by atoms with Crippen LogP contribution in [0, 0.1) is 0 Å². The Morgan fingerprint density at radius 3 is 3.00 bits per heavy atom. The van der Waals surface area contributed by atoms with Gasteiger partial charge in [0.25, 0.3) is 5.89 Å². The predicted octanol–water partition coefficient (Wildman–Crippen LogP) is 0.733. The molecule has 0 aromatic carbocycles. The Kier molecular flexibility index (Phi) is 2.66. The van der Waals surface area contributed by atoms with E-state index in [2.05, 4.69) is 27.5 Å². The van der Waals surface area contributed by atoms with Crippen LogP contribution in [0.15, 0.2) is 27.2 Å². The standard InChI is InChI=1S/C11H14N4O2/c1-15(8-5-12-6-8)7-10-13-14-11(17-10)9-3-2-4-16-9/h2-4,8,12H,5-7H2,1H3. The molecule has 0 bridgehead atoms. The third-order valence-corrected chi connectivity index (χ3v) is 2.97. The molecule has 0 radical (unpaired) electrons. The summed E-state index contributed by atoms with van der Waals surface area (Å²) in [6.07, 6.45) is 1.59. The Morgan fingerprint density at radius 2 is 2.35 bits per heavy atom. The lowest BCUT2D eigenvalue weighted by molar-refractivity contribution is 0.160. The van der Waals surface area contributed by atoms with E-state index in [0.29, 0.717) is 30.1 Å². The van der Waals surface area contributed by atoms with Crippen LogP contribution in [-0.4, -0.2) is 41.3 Å². The van der Waals surface area contributed by atoms with Gasteiger partial charge in [-0.25, -0.2) is 0 Å². The second-order valence-corrected chi connectivity index (χ2v) is 4.21. The smallest absolute Gasteiger partial charge is 0.283 e. The average Bonchev–Trinajstić information content (AvgIpc) is 2.82. The molecule has 0 unspecified atom stereocenters. The van der Waals surface area contributed by atoms with Gasteiger partial charge in [0.15, 0.2) is 5.76 Å². The van der Waals surface area contributed by atoms with E-state index in [1.165, 1.54) is 0 Å². The van der Waals surface area contributed by atoms with E-state index in [4.69, 9.17) is 8.83 Å². The fourth-order valence-corrected chi connectivity index (χ4v) is 1.74. The summed E-state index contributed by atoms with van der Waals surface area (Å²) in [5.41, 5.74) is 0. The Labute approximate surface area is 98.6 Å². The van der Waals surface area contributed by atoms with Crippen molar-refractivity contribution in [2.24, 2.45) is 0 Å². The molecule has 3 heterocycles. The van der Waals surface area contributed by atoms with Crippen LogP contribution in [0.3, 0.4) is 0 Å². The second kappa shape index (κ2) is 4.31. The van der Waals surface area contributed by atoms with Crippen molar-refractivity contribution >= 4 is 0 Å². The van der Waals surface area contributed by atoms with Crippen LogP contribution >= 0.6 is 0 Å². The third-order valence-electron chi connectivity index (χ3n) is 2.97. The molecule has 3 rings (SSSR count). The Balaban J connectivity index is 1.68. The van der Waals surface area contributed by atoms with Gasteiger partial charge in [0, 0.05) is 19.1 Å². The normalized spacial score (nSPS) is 16.4. The number of nitrogens with zero attached hydrogens (tertiary/aromatic N) is 3. The molecular weight excluding hydrogens is 220 g/mol. The van der Waals surface area contributed by atoms with Crippen molar-refractivity contribution in [3.05, 3.63) is 24.3 Å². The number of furan rings is 1. The summed E-state index contributed by atoms with van der Waals surface area (Å²) in [7, 11) is 2.06. The summed E-state index contributed by atoms with van der Waals surface area (Å²) >= 11 is 0. The lowest BCUT2D eigenvalue weighted by Crippen LogP contribution is -2.55. The number of likely N-dealkylation sites (N-methyl/N-ethyl adjacent to an activating group) is 1. The quantitative estimate of drug-likeness (QED) is 0.841. The van der Waals surface area contributed by atoms with Crippen LogP contribution in [0.25, 0.3) is 11.7 Å². The zero-order valence-corrected chi connectivity index (χ0v) is 9.59. The molecule has 0 aliphatic carbocycles. The molecule has 17 heavy (non-hydrogen) atoms. The summed E-state index contributed by atoms with van der Waals surface area (Å²) in [6.45, 7) is 2.71. The van der Waals surface area contributed by atoms with Crippen LogP contribution in [0.5, 0.6) is 0 Å². The van der Waals surface area contributed by atoms with Gasteiger partial charge in [0.2, 0.25) is 5.89 Å². The van der Waals surface area contributed by atoms with Gasteiger partial charge in [0.1, 0.15) is 0 Å². The second-order valence-electron chi connectivity index (χ2n) is 4.21. The van der Waals surface area contributed by atoms with Gasteiger partial charge < -0.3 is 14.2 Å². The highest BCUT2D eigenvalue weighted by molar-refractivity contribution is 5.42. The maximum absolute atomic E-state index is 5.54. The fraction of sp³-hybridized carbons (Fsp3) is 0.455. The van der Waals surface area contributed by atoms with Crippen LogP contribution in [0.4, 0.5) is 0 Å². The molecule has 1 saturated heterocycles. The number of rotatable bonds is 4.